The van der Waals surface area contributed by atoms with E-state index in [1.807, 2.05) is 49.0 Å². The number of hydrogen-bond donors (Lipinski definition) is 5. The summed E-state index contributed by atoms with van der Waals surface area (Å²) in [7, 11) is -0.220. The Hall–Kier alpha value is -4.81. The van der Waals surface area contributed by atoms with Crippen molar-refractivity contribution in [1.82, 2.24) is 4.98 Å². The second-order valence-electron chi connectivity index (χ2n) is 13.1. The van der Waals surface area contributed by atoms with Crippen molar-refractivity contribution in [2.75, 3.05) is 28.4 Å². The van der Waals surface area contributed by atoms with Crippen molar-refractivity contribution < 1.29 is 22.5 Å². The zero-order chi connectivity index (χ0) is 34.3. The molecule has 4 aromatic rings. The molecule has 3 aromatic carbocycles. The molecule has 0 radical (unpaired) electrons. The molecule has 1 fully saturated rings. The number of nitrogens with two attached hydrogens (primary N) is 2. The summed E-state index contributed by atoms with van der Waals surface area (Å²) in [4.78, 5) is 17.0. The number of hydrogen-bond acceptors (Lipinski definition) is 7. The van der Waals surface area contributed by atoms with Crippen LogP contribution < -0.4 is 35.9 Å². The molecule has 0 unspecified atom stereocenters. The summed E-state index contributed by atoms with van der Waals surface area (Å²) >= 11 is 0. The largest absolute Gasteiger partial charge is 0.492 e. The second-order valence-corrected chi connectivity index (χ2v) is 14.8. The number of sulfonamides is 1. The average molecular weight is 659 g/mol. The molecule has 248 valence electrons. The second kappa shape index (κ2) is 12.4. The lowest BCUT2D eigenvalue weighted by Crippen LogP contribution is -2.43. The van der Waals surface area contributed by atoms with Crippen molar-refractivity contribution in [2.24, 2.45) is 18.6 Å². The van der Waals surface area contributed by atoms with Crippen LogP contribution in [0.15, 0.2) is 73.1 Å². The minimum atomic E-state index is -3.60. The predicted molar refractivity (Wildman–Crippen MR) is 187 cm³/mol. The lowest BCUT2D eigenvalue weighted by Gasteiger charge is -2.21. The highest BCUT2D eigenvalue weighted by Crippen LogP contribution is 2.51. The van der Waals surface area contributed by atoms with Gasteiger partial charge in [-0.1, -0.05) is 43.3 Å². The van der Waals surface area contributed by atoms with Gasteiger partial charge in [-0.15, -0.1) is 0 Å². The number of amides is 1. The summed E-state index contributed by atoms with van der Waals surface area (Å²) in [6, 6.07) is 19.0. The number of carbonyl (C=O) groups is 1. The number of ether oxygens (including phenoxy) is 1. The molecule has 1 aliphatic rings. The molecule has 5 rings (SSSR count). The van der Waals surface area contributed by atoms with Crippen LogP contribution in [0.1, 0.15) is 72.2 Å². The van der Waals surface area contributed by atoms with E-state index in [2.05, 4.69) is 47.9 Å². The van der Waals surface area contributed by atoms with Gasteiger partial charge in [0.05, 0.1) is 42.9 Å². The summed E-state index contributed by atoms with van der Waals surface area (Å²) in [5, 5.41) is 4.33. The Morgan fingerprint density at radius 3 is 2.38 bits per heavy atom. The van der Waals surface area contributed by atoms with Crippen molar-refractivity contribution in [3.8, 4) is 5.75 Å². The van der Waals surface area contributed by atoms with Gasteiger partial charge >= 0.3 is 0 Å². The van der Waals surface area contributed by atoms with Gasteiger partial charge in [-0.25, -0.2) is 23.8 Å². The Labute approximate surface area is 276 Å². The smallest absolute Gasteiger partial charge is 0.264 e. The van der Waals surface area contributed by atoms with E-state index in [4.69, 9.17) is 16.3 Å². The standard InChI is InChI=1S/C35H43N7O4S/c1-22-13-14-23(32(43)39-27-18-25(35(4)15-16-35)19-28(31(27)46-6)40-47(7,44)45)17-29(22)42(37)21-26(36)30-20-38-33(41(30)5)34(2,3)24-11-9-8-10-12-24/h8-14,17-21,40H,15-16,36-37H2,1-7H3,(H,39,43)/p+1. The minimum absolute atomic E-state index is 0.100. The van der Waals surface area contributed by atoms with Crippen LogP contribution in [0.5, 0.6) is 5.75 Å². The van der Waals surface area contributed by atoms with Crippen molar-refractivity contribution in [2.45, 2.75) is 51.4 Å². The van der Waals surface area contributed by atoms with E-state index in [1.54, 1.807) is 30.5 Å². The zero-order valence-corrected chi connectivity index (χ0v) is 28.7. The summed E-state index contributed by atoms with van der Waals surface area (Å²) in [6.45, 7) is 8.29. The number of benzene rings is 3. The topological polar surface area (TPSA) is 159 Å². The van der Waals surface area contributed by atoms with Gasteiger partial charge < -0.3 is 15.8 Å². The number of nitrogens with one attached hydrogen (secondary N) is 3. The summed E-state index contributed by atoms with van der Waals surface area (Å²) in [5.41, 5.74) is 11.8. The monoisotopic (exact) mass is 658 g/mol. The number of aryl methyl sites for hydroxylation is 1. The lowest BCUT2D eigenvalue weighted by molar-refractivity contribution is -0.683. The number of aromatic nitrogens is 2. The fraction of sp³-hybridized carbons (Fsp3) is 0.314. The molecule has 7 N–H and O–H groups in total. The predicted octanol–water partition coefficient (Wildman–Crippen LogP) is 4.79. The number of rotatable bonds is 11. The van der Waals surface area contributed by atoms with Gasteiger partial charge in [0.15, 0.2) is 11.4 Å². The third kappa shape index (κ3) is 6.98. The highest BCUT2D eigenvalue weighted by atomic mass is 32.2. The molecule has 1 heterocycles. The average Bonchev–Trinajstić information content (AvgIpc) is 3.64. The van der Waals surface area contributed by atoms with Crippen molar-refractivity contribution >= 4 is 38.7 Å². The Morgan fingerprint density at radius 2 is 1.77 bits per heavy atom. The molecule has 12 heteroatoms. The van der Waals surface area contributed by atoms with Gasteiger partial charge in [-0.05, 0) is 80.0 Å². The Morgan fingerprint density at radius 1 is 1.11 bits per heavy atom. The summed E-state index contributed by atoms with van der Waals surface area (Å²) < 4.78 is 34.4. The molecule has 0 bridgehead atoms. The number of anilines is 3. The molecule has 1 amide bonds. The normalized spacial score (nSPS) is 14.4. The fourth-order valence-electron chi connectivity index (χ4n) is 5.87. The maximum atomic E-state index is 13.6. The van der Waals surface area contributed by atoms with Gasteiger partial charge in [0, 0.05) is 11.8 Å². The van der Waals surface area contributed by atoms with E-state index >= 15 is 0 Å². The molecule has 1 saturated carbocycles. The maximum Gasteiger partial charge on any atom is 0.264 e. The minimum Gasteiger partial charge on any atom is -0.492 e. The highest BCUT2D eigenvalue weighted by molar-refractivity contribution is 7.92. The SMILES string of the molecule is COc1c(NC(=O)c2ccc(C)c(N(N)C=C(N)c3c[nH]c(C(C)(C)c4ccccc4)[n+]3C)c2)cc(C2(C)CC2)cc1NS(C)(=O)=O. The van der Waals surface area contributed by atoms with E-state index in [9.17, 15) is 13.2 Å². The van der Waals surface area contributed by atoms with E-state index in [-0.39, 0.29) is 22.3 Å². The first-order valence-electron chi connectivity index (χ1n) is 15.3. The van der Waals surface area contributed by atoms with Crippen molar-refractivity contribution in [1.29, 1.82) is 0 Å². The van der Waals surface area contributed by atoms with E-state index in [1.165, 1.54) is 12.1 Å². The number of imidazole rings is 1. The number of methoxy groups -OCH3 is 1. The van der Waals surface area contributed by atoms with Crippen LogP contribution in [0.25, 0.3) is 5.70 Å². The van der Waals surface area contributed by atoms with Crippen LogP contribution in [0.4, 0.5) is 17.1 Å². The van der Waals surface area contributed by atoms with Crippen LogP contribution in [0, 0.1) is 6.92 Å². The number of aromatic amines is 1. The quantitative estimate of drug-likeness (QED) is 0.0880. The summed E-state index contributed by atoms with van der Waals surface area (Å²) in [5.74, 6) is 7.30. The fourth-order valence-corrected chi connectivity index (χ4v) is 6.42. The molecule has 1 aliphatic carbocycles. The number of nitrogens with zero attached hydrogens (tertiary/aromatic N) is 2. The number of hydrazine groups is 1. The Bertz CT molecular complexity index is 1960. The van der Waals surface area contributed by atoms with Crippen LogP contribution in [-0.2, 0) is 27.9 Å². The van der Waals surface area contributed by atoms with Gasteiger partial charge in [-0.2, -0.15) is 0 Å². The van der Waals surface area contributed by atoms with Gasteiger partial charge in [0.2, 0.25) is 10.0 Å². The summed E-state index contributed by atoms with van der Waals surface area (Å²) in [6.07, 6.45) is 6.47. The molecule has 0 aliphatic heterocycles. The van der Waals surface area contributed by atoms with E-state index in [0.29, 0.717) is 22.6 Å². The van der Waals surface area contributed by atoms with Gasteiger partial charge in [0.25, 0.3) is 11.7 Å². The van der Waals surface area contributed by atoms with Gasteiger partial charge in [-0.3, -0.25) is 14.5 Å². The third-order valence-electron chi connectivity index (χ3n) is 8.99. The molecule has 0 spiro atoms. The first-order chi connectivity index (χ1) is 22.0. The first kappa shape index (κ1) is 33.6. The van der Waals surface area contributed by atoms with Gasteiger partial charge in [0.1, 0.15) is 11.9 Å². The maximum absolute atomic E-state index is 13.6. The molecule has 1 aromatic heterocycles. The van der Waals surface area contributed by atoms with Crippen molar-refractivity contribution in [3.05, 3.63) is 107 Å². The molecular weight excluding hydrogens is 614 g/mol. The first-order valence-corrected chi connectivity index (χ1v) is 17.2. The Balaban J connectivity index is 1.42. The van der Waals surface area contributed by atoms with Crippen LogP contribution in [-0.4, -0.2) is 32.7 Å². The highest BCUT2D eigenvalue weighted by Gasteiger charge is 2.40. The van der Waals surface area contributed by atoms with Crippen LogP contribution >= 0.6 is 0 Å². The molecule has 0 atom stereocenters. The molecule has 0 saturated heterocycles. The Kier molecular flexibility index (Phi) is 8.87. The van der Waals surface area contributed by atoms with Crippen LogP contribution in [0.2, 0.25) is 0 Å². The number of H-pyrrole nitrogens is 1. The zero-order valence-electron chi connectivity index (χ0n) is 27.9. The number of carbonyl (C=O) groups excluding carboxylic acids is 1. The molecule has 11 nitrogen and oxygen atoms in total. The third-order valence-corrected chi connectivity index (χ3v) is 9.58. The van der Waals surface area contributed by atoms with Crippen molar-refractivity contribution in [3.63, 3.8) is 0 Å². The molecular formula is C35H44N7O4S+. The van der Waals surface area contributed by atoms with Crippen LogP contribution in [0.3, 0.4) is 0 Å². The van der Waals surface area contributed by atoms with E-state index in [0.717, 1.165) is 47.3 Å². The molecule has 47 heavy (non-hydrogen) atoms. The lowest BCUT2D eigenvalue weighted by atomic mass is 9.84. The van der Waals surface area contributed by atoms with E-state index < -0.39 is 15.9 Å².